The predicted octanol–water partition coefficient (Wildman–Crippen LogP) is 2.03. The molecule has 3 rings (SSSR count). The van der Waals surface area contributed by atoms with E-state index in [9.17, 15) is 0 Å². The lowest BCUT2D eigenvalue weighted by Gasteiger charge is -2.03. The first-order valence-corrected chi connectivity index (χ1v) is 5.94. The molecule has 1 N–H and O–H groups in total. The summed E-state index contributed by atoms with van der Waals surface area (Å²) in [4.78, 5) is 5.44. The second-order valence-electron chi connectivity index (χ2n) is 4.13. The quantitative estimate of drug-likeness (QED) is 0.796. The topological polar surface area (TPSA) is 24.9 Å². The number of thiazole rings is 1. The van der Waals surface area contributed by atoms with Crippen molar-refractivity contribution in [3.63, 3.8) is 0 Å². The minimum atomic E-state index is 0.843. The zero-order valence-corrected chi connectivity index (χ0v) is 8.39. The van der Waals surface area contributed by atoms with Crippen LogP contribution in [-0.2, 0) is 6.54 Å². The lowest BCUT2D eigenvalue weighted by Crippen LogP contribution is -2.19. The molecule has 13 heavy (non-hydrogen) atoms. The van der Waals surface area contributed by atoms with Crippen molar-refractivity contribution in [2.24, 2.45) is 11.8 Å². The fraction of sp³-hybridized carbons (Fsp3) is 0.700. The van der Waals surface area contributed by atoms with E-state index in [0.717, 1.165) is 24.4 Å². The molecule has 2 aliphatic carbocycles. The lowest BCUT2D eigenvalue weighted by molar-refractivity contribution is 0.563. The molecule has 2 unspecified atom stereocenters. The fourth-order valence-electron chi connectivity index (χ4n) is 2.67. The van der Waals surface area contributed by atoms with Gasteiger partial charge in [0, 0.05) is 23.7 Å². The smallest absolute Gasteiger partial charge is 0.0794 e. The van der Waals surface area contributed by atoms with Gasteiger partial charge in [0.25, 0.3) is 0 Å². The molecule has 1 aromatic rings. The molecule has 1 aromatic heterocycles. The molecule has 0 spiro atoms. The summed E-state index contributed by atoms with van der Waals surface area (Å²) < 4.78 is 0. The average Bonchev–Trinajstić information content (AvgIpc) is 2.68. The Morgan fingerprint density at radius 1 is 1.46 bits per heavy atom. The minimum Gasteiger partial charge on any atom is -0.308 e. The largest absolute Gasteiger partial charge is 0.308 e. The highest BCUT2D eigenvalue weighted by atomic mass is 32.1. The molecule has 2 nitrogen and oxygen atoms in total. The number of hydrogen-bond acceptors (Lipinski definition) is 3. The number of aromatic nitrogens is 1. The predicted molar refractivity (Wildman–Crippen MR) is 53.6 cm³/mol. The van der Waals surface area contributed by atoms with E-state index in [4.69, 9.17) is 0 Å². The summed E-state index contributed by atoms with van der Waals surface area (Å²) in [5.74, 6) is 2.04. The first-order chi connectivity index (χ1) is 6.45. The molecule has 2 atom stereocenters. The molecule has 2 fully saturated rings. The summed E-state index contributed by atoms with van der Waals surface area (Å²) in [6, 6.07) is 0.843. The zero-order valence-electron chi connectivity index (χ0n) is 7.57. The van der Waals surface area contributed by atoms with Crippen LogP contribution in [-0.4, -0.2) is 11.0 Å². The van der Waals surface area contributed by atoms with Crippen LogP contribution in [0.1, 0.15) is 24.1 Å². The normalized spacial score (nSPS) is 36.2. The number of hydrogen-bond donors (Lipinski definition) is 1. The zero-order chi connectivity index (χ0) is 8.67. The van der Waals surface area contributed by atoms with Crippen LogP contribution in [0, 0.1) is 11.8 Å². The standard InChI is InChI=1S/C10H14N2S/c1-2-8-9(3-1)10(8)12-5-7-4-11-6-13-7/h4,6,8-10,12H,1-3,5H2. The van der Waals surface area contributed by atoms with Gasteiger partial charge in [0.15, 0.2) is 0 Å². The molecule has 0 saturated heterocycles. The third kappa shape index (κ3) is 1.40. The van der Waals surface area contributed by atoms with Gasteiger partial charge in [-0.15, -0.1) is 11.3 Å². The molecular formula is C10H14N2S. The minimum absolute atomic E-state index is 0.843. The van der Waals surface area contributed by atoms with Gasteiger partial charge in [-0.05, 0) is 24.7 Å². The molecule has 2 aliphatic rings. The van der Waals surface area contributed by atoms with Gasteiger partial charge >= 0.3 is 0 Å². The van der Waals surface area contributed by atoms with Crippen LogP contribution in [0.15, 0.2) is 11.7 Å². The Morgan fingerprint density at radius 2 is 2.31 bits per heavy atom. The van der Waals surface area contributed by atoms with Crippen LogP contribution in [0.25, 0.3) is 0 Å². The van der Waals surface area contributed by atoms with Crippen molar-refractivity contribution in [1.29, 1.82) is 0 Å². The van der Waals surface area contributed by atoms with Crippen molar-refractivity contribution in [3.8, 4) is 0 Å². The van der Waals surface area contributed by atoms with Crippen LogP contribution < -0.4 is 5.32 Å². The number of rotatable bonds is 3. The fourth-order valence-corrected chi connectivity index (χ4v) is 3.22. The third-order valence-electron chi connectivity index (χ3n) is 3.40. The first kappa shape index (κ1) is 7.94. The Hall–Kier alpha value is -0.410. The van der Waals surface area contributed by atoms with Crippen LogP contribution in [0.2, 0.25) is 0 Å². The van der Waals surface area contributed by atoms with E-state index in [-0.39, 0.29) is 0 Å². The SMILES string of the molecule is c1ncc(CNC2C3CCCC32)s1. The van der Waals surface area contributed by atoms with Crippen LogP contribution in [0.5, 0.6) is 0 Å². The highest BCUT2D eigenvalue weighted by molar-refractivity contribution is 7.09. The van der Waals surface area contributed by atoms with Crippen LogP contribution >= 0.6 is 11.3 Å². The summed E-state index contributed by atoms with van der Waals surface area (Å²) in [5, 5.41) is 3.63. The van der Waals surface area contributed by atoms with Gasteiger partial charge < -0.3 is 5.32 Å². The first-order valence-electron chi connectivity index (χ1n) is 5.06. The Kier molecular flexibility index (Phi) is 1.87. The molecule has 2 saturated carbocycles. The second-order valence-corrected chi connectivity index (χ2v) is 5.10. The van der Waals surface area contributed by atoms with Gasteiger partial charge in [0.1, 0.15) is 0 Å². The van der Waals surface area contributed by atoms with Crippen LogP contribution in [0.4, 0.5) is 0 Å². The van der Waals surface area contributed by atoms with Crippen LogP contribution in [0.3, 0.4) is 0 Å². The van der Waals surface area contributed by atoms with E-state index in [1.807, 2.05) is 11.7 Å². The summed E-state index contributed by atoms with van der Waals surface area (Å²) in [6.07, 6.45) is 6.36. The third-order valence-corrected chi connectivity index (χ3v) is 4.18. The van der Waals surface area contributed by atoms with E-state index in [0.29, 0.717) is 0 Å². The van der Waals surface area contributed by atoms with Crippen molar-refractivity contribution in [1.82, 2.24) is 10.3 Å². The highest BCUT2D eigenvalue weighted by Crippen LogP contribution is 2.51. The molecule has 70 valence electrons. The number of nitrogens with one attached hydrogen (secondary N) is 1. The van der Waals surface area contributed by atoms with Crippen molar-refractivity contribution in [3.05, 3.63) is 16.6 Å². The number of fused-ring (bicyclic) bond motifs is 1. The van der Waals surface area contributed by atoms with Gasteiger partial charge in [0.2, 0.25) is 0 Å². The van der Waals surface area contributed by atoms with Gasteiger partial charge in [-0.1, -0.05) is 6.42 Å². The van der Waals surface area contributed by atoms with E-state index in [2.05, 4.69) is 10.3 Å². The Labute approximate surface area is 82.4 Å². The van der Waals surface area contributed by atoms with Gasteiger partial charge in [-0.25, -0.2) is 0 Å². The Balaban J connectivity index is 1.50. The maximum absolute atomic E-state index is 4.07. The van der Waals surface area contributed by atoms with Crippen molar-refractivity contribution in [2.75, 3.05) is 0 Å². The average molecular weight is 194 g/mol. The summed E-state index contributed by atoms with van der Waals surface area (Å²) >= 11 is 1.75. The molecule has 1 heterocycles. The maximum atomic E-state index is 4.07. The molecular weight excluding hydrogens is 180 g/mol. The van der Waals surface area contributed by atoms with Crippen molar-refractivity contribution < 1.29 is 0 Å². The van der Waals surface area contributed by atoms with Gasteiger partial charge in [0.05, 0.1) is 5.51 Å². The number of nitrogens with zero attached hydrogens (tertiary/aromatic N) is 1. The van der Waals surface area contributed by atoms with Crippen molar-refractivity contribution >= 4 is 11.3 Å². The Morgan fingerprint density at radius 3 is 3.00 bits per heavy atom. The molecule has 3 heteroatoms. The Bertz CT molecular complexity index is 273. The van der Waals surface area contributed by atoms with Gasteiger partial charge in [-0.3, -0.25) is 4.98 Å². The molecule has 0 aliphatic heterocycles. The molecule has 0 bridgehead atoms. The van der Waals surface area contributed by atoms with E-state index >= 15 is 0 Å². The molecule has 0 amide bonds. The lowest BCUT2D eigenvalue weighted by atomic mass is 10.2. The van der Waals surface area contributed by atoms with E-state index < -0.39 is 0 Å². The maximum Gasteiger partial charge on any atom is 0.0794 e. The highest BCUT2D eigenvalue weighted by Gasteiger charge is 2.51. The second kappa shape index (κ2) is 3.07. The molecule has 0 aromatic carbocycles. The molecule has 0 radical (unpaired) electrons. The van der Waals surface area contributed by atoms with E-state index in [1.165, 1.54) is 24.1 Å². The summed E-state index contributed by atoms with van der Waals surface area (Å²) in [5.41, 5.74) is 1.91. The monoisotopic (exact) mass is 194 g/mol. The summed E-state index contributed by atoms with van der Waals surface area (Å²) in [7, 11) is 0. The summed E-state index contributed by atoms with van der Waals surface area (Å²) in [6.45, 7) is 1.03. The van der Waals surface area contributed by atoms with Crippen molar-refractivity contribution in [2.45, 2.75) is 31.8 Å². The van der Waals surface area contributed by atoms with E-state index in [1.54, 1.807) is 11.3 Å². The van der Waals surface area contributed by atoms with Gasteiger partial charge in [-0.2, -0.15) is 0 Å².